The van der Waals surface area contributed by atoms with E-state index >= 15 is 0 Å². The number of nitrogens with two attached hydrogens (primary N) is 1. The van der Waals surface area contributed by atoms with Crippen molar-refractivity contribution < 1.29 is 9.59 Å². The van der Waals surface area contributed by atoms with Gasteiger partial charge in [-0.05, 0) is 18.4 Å². The van der Waals surface area contributed by atoms with Gasteiger partial charge in [-0.15, -0.1) is 0 Å². The number of amides is 3. The number of carbonyl (C=O) groups is 2. The Balaban J connectivity index is 1.71. The van der Waals surface area contributed by atoms with E-state index in [9.17, 15) is 9.59 Å². The van der Waals surface area contributed by atoms with E-state index in [2.05, 4.69) is 34.5 Å². The molecule has 0 unspecified atom stereocenters. The predicted octanol–water partition coefficient (Wildman–Crippen LogP) is 1.70. The van der Waals surface area contributed by atoms with Crippen LogP contribution in [0.15, 0.2) is 30.3 Å². The van der Waals surface area contributed by atoms with E-state index in [4.69, 9.17) is 5.73 Å². The Labute approximate surface area is 149 Å². The zero-order valence-corrected chi connectivity index (χ0v) is 14.7. The molecule has 1 aromatic carbocycles. The molecule has 1 spiro atoms. The van der Waals surface area contributed by atoms with Gasteiger partial charge in [-0.3, -0.25) is 9.69 Å². The third kappa shape index (κ3) is 4.31. The van der Waals surface area contributed by atoms with Gasteiger partial charge in [0.15, 0.2) is 0 Å². The van der Waals surface area contributed by atoms with E-state index < -0.39 is 6.03 Å². The van der Waals surface area contributed by atoms with Crippen LogP contribution in [-0.2, 0) is 11.3 Å². The van der Waals surface area contributed by atoms with Gasteiger partial charge in [0.05, 0.1) is 6.54 Å². The van der Waals surface area contributed by atoms with Crippen LogP contribution >= 0.6 is 0 Å². The first-order valence-corrected chi connectivity index (χ1v) is 9.19. The third-order valence-electron chi connectivity index (χ3n) is 5.56. The average molecular weight is 344 g/mol. The molecule has 2 fully saturated rings. The molecule has 0 atom stereocenters. The maximum Gasteiger partial charge on any atom is 0.312 e. The Kier molecular flexibility index (Phi) is 5.58. The Morgan fingerprint density at radius 2 is 1.80 bits per heavy atom. The summed E-state index contributed by atoms with van der Waals surface area (Å²) in [5.41, 5.74) is 6.47. The van der Waals surface area contributed by atoms with E-state index in [0.717, 1.165) is 32.5 Å². The van der Waals surface area contributed by atoms with Gasteiger partial charge >= 0.3 is 6.03 Å². The topological polar surface area (TPSA) is 78.7 Å². The lowest BCUT2D eigenvalue weighted by atomic mass is 9.78. The number of rotatable bonds is 4. The number of nitrogens with one attached hydrogen (secondary N) is 1. The average Bonchev–Trinajstić information content (AvgIpc) is 2.63. The van der Waals surface area contributed by atoms with Crippen molar-refractivity contribution >= 4 is 11.9 Å². The van der Waals surface area contributed by atoms with E-state index in [0.29, 0.717) is 6.54 Å². The Morgan fingerprint density at radius 1 is 1.08 bits per heavy atom. The van der Waals surface area contributed by atoms with Crippen molar-refractivity contribution in [3.05, 3.63) is 35.9 Å². The fourth-order valence-corrected chi connectivity index (χ4v) is 4.24. The number of primary amides is 1. The van der Waals surface area contributed by atoms with Crippen molar-refractivity contribution in [2.45, 2.75) is 44.2 Å². The summed E-state index contributed by atoms with van der Waals surface area (Å²) in [6.07, 6.45) is 5.97. The number of hydrogen-bond donors (Lipinski definition) is 2. The number of urea groups is 1. The van der Waals surface area contributed by atoms with E-state index in [1.165, 1.54) is 24.8 Å². The molecule has 6 nitrogen and oxygen atoms in total. The van der Waals surface area contributed by atoms with Gasteiger partial charge in [0, 0.05) is 31.7 Å². The third-order valence-corrected chi connectivity index (χ3v) is 5.56. The molecule has 25 heavy (non-hydrogen) atoms. The normalized spacial score (nSPS) is 20.4. The molecule has 3 rings (SSSR count). The first-order valence-electron chi connectivity index (χ1n) is 9.19. The lowest BCUT2D eigenvalue weighted by Crippen LogP contribution is -2.64. The summed E-state index contributed by atoms with van der Waals surface area (Å²) in [4.78, 5) is 27.8. The zero-order valence-electron chi connectivity index (χ0n) is 14.7. The second-order valence-electron chi connectivity index (χ2n) is 7.23. The highest BCUT2D eigenvalue weighted by atomic mass is 16.2. The molecule has 1 saturated heterocycles. The number of nitrogens with zero attached hydrogens (tertiary/aromatic N) is 2. The minimum absolute atomic E-state index is 0.00982. The zero-order chi connectivity index (χ0) is 17.7. The summed E-state index contributed by atoms with van der Waals surface area (Å²) in [6.45, 7) is 3.25. The van der Waals surface area contributed by atoms with Crippen LogP contribution in [0.2, 0.25) is 0 Å². The molecule has 6 heteroatoms. The molecule has 1 aliphatic heterocycles. The number of carbonyl (C=O) groups excluding carboxylic acids is 2. The lowest BCUT2D eigenvalue weighted by Gasteiger charge is -2.53. The molecule has 0 bridgehead atoms. The van der Waals surface area contributed by atoms with Crippen LogP contribution in [0.5, 0.6) is 0 Å². The van der Waals surface area contributed by atoms with Gasteiger partial charge in [0.1, 0.15) is 0 Å². The van der Waals surface area contributed by atoms with Crippen LogP contribution in [0.4, 0.5) is 4.79 Å². The van der Waals surface area contributed by atoms with Gasteiger partial charge in [-0.1, -0.05) is 49.6 Å². The molecule has 136 valence electrons. The summed E-state index contributed by atoms with van der Waals surface area (Å²) < 4.78 is 0. The van der Waals surface area contributed by atoms with Gasteiger partial charge in [-0.25, -0.2) is 4.79 Å². The van der Waals surface area contributed by atoms with Gasteiger partial charge in [-0.2, -0.15) is 0 Å². The maximum atomic E-state index is 12.4. The van der Waals surface area contributed by atoms with Crippen molar-refractivity contribution in [3.8, 4) is 0 Å². The summed E-state index contributed by atoms with van der Waals surface area (Å²) in [7, 11) is 0. The Morgan fingerprint density at radius 3 is 2.48 bits per heavy atom. The quantitative estimate of drug-likeness (QED) is 0.873. The van der Waals surface area contributed by atoms with Crippen molar-refractivity contribution in [1.29, 1.82) is 0 Å². The largest absolute Gasteiger partial charge is 0.352 e. The molecule has 1 aromatic rings. The number of benzene rings is 1. The monoisotopic (exact) mass is 344 g/mol. The summed E-state index contributed by atoms with van der Waals surface area (Å²) in [5.74, 6) is -0.0388. The SMILES string of the molecule is NC(=O)NCC(=O)N1CCN(Cc2ccccc2)C2(CCCCC2)C1. The van der Waals surface area contributed by atoms with Crippen LogP contribution < -0.4 is 11.1 Å². The number of piperazine rings is 1. The highest BCUT2D eigenvalue weighted by Gasteiger charge is 2.43. The van der Waals surface area contributed by atoms with Crippen LogP contribution in [0.25, 0.3) is 0 Å². The summed E-state index contributed by atoms with van der Waals surface area (Å²) in [6, 6.07) is 9.90. The summed E-state index contributed by atoms with van der Waals surface area (Å²) in [5, 5.41) is 2.42. The standard InChI is InChI=1S/C19H28N4O2/c20-18(25)21-13-17(24)22-11-12-23(14-16-7-3-1-4-8-16)19(15-22)9-5-2-6-10-19/h1,3-4,7-8H,2,5-6,9-15H2,(H3,20,21,25). The van der Waals surface area contributed by atoms with Crippen LogP contribution in [0.1, 0.15) is 37.7 Å². The fraction of sp³-hybridized carbons (Fsp3) is 0.579. The second kappa shape index (κ2) is 7.87. The lowest BCUT2D eigenvalue weighted by molar-refractivity contribution is -0.137. The van der Waals surface area contributed by atoms with Crippen molar-refractivity contribution in [1.82, 2.24) is 15.1 Å². The summed E-state index contributed by atoms with van der Waals surface area (Å²) >= 11 is 0. The second-order valence-corrected chi connectivity index (χ2v) is 7.23. The van der Waals surface area contributed by atoms with Crippen LogP contribution in [0, 0.1) is 0 Å². The minimum atomic E-state index is -0.650. The van der Waals surface area contributed by atoms with Crippen molar-refractivity contribution in [2.24, 2.45) is 5.73 Å². The van der Waals surface area contributed by atoms with Crippen molar-refractivity contribution in [3.63, 3.8) is 0 Å². The number of hydrogen-bond acceptors (Lipinski definition) is 3. The first-order chi connectivity index (χ1) is 12.1. The molecular formula is C19H28N4O2. The van der Waals surface area contributed by atoms with E-state index in [1.807, 2.05) is 11.0 Å². The van der Waals surface area contributed by atoms with Crippen LogP contribution in [-0.4, -0.2) is 53.5 Å². The Bertz CT molecular complexity index is 599. The fourth-order valence-electron chi connectivity index (χ4n) is 4.24. The van der Waals surface area contributed by atoms with E-state index in [-0.39, 0.29) is 18.0 Å². The molecule has 3 amide bonds. The molecule has 0 radical (unpaired) electrons. The first kappa shape index (κ1) is 17.7. The minimum Gasteiger partial charge on any atom is -0.352 e. The van der Waals surface area contributed by atoms with Gasteiger partial charge in [0.25, 0.3) is 0 Å². The van der Waals surface area contributed by atoms with Gasteiger partial charge in [0.2, 0.25) is 5.91 Å². The Hall–Kier alpha value is -2.08. The molecule has 1 aliphatic carbocycles. The van der Waals surface area contributed by atoms with E-state index in [1.54, 1.807) is 0 Å². The predicted molar refractivity (Wildman–Crippen MR) is 96.8 cm³/mol. The maximum absolute atomic E-state index is 12.4. The highest BCUT2D eigenvalue weighted by Crippen LogP contribution is 2.37. The molecule has 0 aromatic heterocycles. The molecule has 2 aliphatic rings. The molecule has 1 heterocycles. The highest BCUT2D eigenvalue weighted by molar-refractivity contribution is 5.83. The van der Waals surface area contributed by atoms with Gasteiger partial charge < -0.3 is 16.0 Å². The molecule has 3 N–H and O–H groups in total. The van der Waals surface area contributed by atoms with Crippen molar-refractivity contribution in [2.75, 3.05) is 26.2 Å². The molecule has 1 saturated carbocycles. The molecular weight excluding hydrogens is 316 g/mol. The smallest absolute Gasteiger partial charge is 0.312 e. The van der Waals surface area contributed by atoms with Crippen LogP contribution in [0.3, 0.4) is 0 Å².